The zero-order valence-corrected chi connectivity index (χ0v) is 17.0. The molecule has 0 bridgehead atoms. The van der Waals surface area contributed by atoms with Crippen LogP contribution in [0.2, 0.25) is 0 Å². The molecule has 2 amide bonds. The molecular weight excluding hydrogens is 417 g/mol. The van der Waals surface area contributed by atoms with Crippen molar-refractivity contribution < 1.29 is 27.9 Å². The summed E-state index contributed by atoms with van der Waals surface area (Å²) in [5, 5.41) is 14.2. The van der Waals surface area contributed by atoms with Gasteiger partial charge in [0.1, 0.15) is 12.6 Å². The van der Waals surface area contributed by atoms with Crippen LogP contribution < -0.4 is 10.2 Å². The van der Waals surface area contributed by atoms with Crippen molar-refractivity contribution in [2.45, 2.75) is 50.4 Å². The number of rotatable bonds is 6. The Labute approximate surface area is 176 Å². The summed E-state index contributed by atoms with van der Waals surface area (Å²) in [4.78, 5) is 27.5. The topological polar surface area (TPSA) is 69.6 Å². The van der Waals surface area contributed by atoms with Crippen LogP contribution in [0.3, 0.4) is 0 Å². The van der Waals surface area contributed by atoms with Gasteiger partial charge in [-0.2, -0.15) is 13.2 Å². The fraction of sp³-hybridized carbons (Fsp3) is 0.429. The fourth-order valence-electron chi connectivity index (χ4n) is 3.67. The van der Waals surface area contributed by atoms with Gasteiger partial charge in [-0.25, -0.2) is 0 Å². The van der Waals surface area contributed by atoms with Crippen molar-refractivity contribution in [1.29, 1.82) is 0 Å². The number of anilines is 1. The van der Waals surface area contributed by atoms with Gasteiger partial charge in [-0.3, -0.25) is 14.5 Å². The second-order valence-corrected chi connectivity index (χ2v) is 8.21. The molecule has 1 atom stereocenters. The van der Waals surface area contributed by atoms with Gasteiger partial charge in [0.05, 0.1) is 5.56 Å². The maximum absolute atomic E-state index is 13.2. The Balaban J connectivity index is 1.96. The van der Waals surface area contributed by atoms with Crippen LogP contribution in [-0.2, 0) is 15.8 Å². The number of benzene rings is 1. The molecule has 0 aliphatic heterocycles. The Kier molecular flexibility index (Phi) is 7.14. The lowest BCUT2D eigenvalue weighted by molar-refractivity contribution is -0.137. The molecule has 162 valence electrons. The maximum Gasteiger partial charge on any atom is 0.416 e. The zero-order chi connectivity index (χ0) is 21.7. The van der Waals surface area contributed by atoms with Crippen LogP contribution in [0.4, 0.5) is 18.9 Å². The molecule has 0 saturated heterocycles. The van der Waals surface area contributed by atoms with Crippen molar-refractivity contribution in [2.24, 2.45) is 0 Å². The van der Waals surface area contributed by atoms with Gasteiger partial charge in [-0.05, 0) is 48.6 Å². The quantitative estimate of drug-likeness (QED) is 0.704. The zero-order valence-electron chi connectivity index (χ0n) is 16.2. The molecule has 1 aliphatic carbocycles. The van der Waals surface area contributed by atoms with E-state index in [-0.39, 0.29) is 11.7 Å². The summed E-state index contributed by atoms with van der Waals surface area (Å²) in [6.07, 6.45) is 0.297. The monoisotopic (exact) mass is 440 g/mol. The van der Waals surface area contributed by atoms with E-state index in [9.17, 15) is 27.9 Å². The summed E-state index contributed by atoms with van der Waals surface area (Å²) in [5.74, 6) is -1.18. The molecule has 1 aromatic carbocycles. The first-order valence-corrected chi connectivity index (χ1v) is 10.6. The Morgan fingerprint density at radius 2 is 1.80 bits per heavy atom. The minimum Gasteiger partial charge on any atom is -0.387 e. The molecular formula is C21H23F3N2O3S. The molecule has 5 nitrogen and oxygen atoms in total. The SMILES string of the molecule is O=C(NC1CCCCC1)C(c1cccs1)N(C(=O)CO)c1ccc(C(F)(F)F)cc1. The first kappa shape index (κ1) is 22.3. The number of aliphatic hydroxyl groups is 1. The highest BCUT2D eigenvalue weighted by Crippen LogP contribution is 2.34. The molecule has 1 heterocycles. The Bertz CT molecular complexity index is 847. The Morgan fingerprint density at radius 3 is 2.33 bits per heavy atom. The van der Waals surface area contributed by atoms with E-state index in [1.807, 2.05) is 0 Å². The molecule has 2 N–H and O–H groups in total. The van der Waals surface area contributed by atoms with E-state index in [0.29, 0.717) is 4.88 Å². The average molecular weight is 440 g/mol. The van der Waals surface area contributed by atoms with E-state index in [1.54, 1.807) is 17.5 Å². The van der Waals surface area contributed by atoms with Gasteiger partial charge in [0, 0.05) is 16.6 Å². The van der Waals surface area contributed by atoms with Gasteiger partial charge in [0.2, 0.25) is 5.91 Å². The van der Waals surface area contributed by atoms with Crippen molar-refractivity contribution in [3.8, 4) is 0 Å². The van der Waals surface area contributed by atoms with Gasteiger partial charge in [-0.1, -0.05) is 25.3 Å². The summed E-state index contributed by atoms with van der Waals surface area (Å²) in [6, 6.07) is 6.34. The molecule has 9 heteroatoms. The number of carbonyl (C=O) groups excluding carboxylic acids is 2. The van der Waals surface area contributed by atoms with Gasteiger partial charge in [0.25, 0.3) is 5.91 Å². The van der Waals surface area contributed by atoms with E-state index < -0.39 is 36.2 Å². The summed E-state index contributed by atoms with van der Waals surface area (Å²) in [5.41, 5.74) is -0.749. The molecule has 1 fully saturated rings. The minimum absolute atomic E-state index is 0.00704. The van der Waals surface area contributed by atoms with E-state index >= 15 is 0 Å². The standard InChI is InChI=1S/C21H23F3N2O3S/c22-21(23,24)14-8-10-16(11-9-14)26(18(28)13-27)19(17-7-4-12-30-17)20(29)25-15-5-2-1-3-6-15/h4,7-12,15,19,27H,1-3,5-6,13H2,(H,25,29). The lowest BCUT2D eigenvalue weighted by atomic mass is 9.95. The minimum atomic E-state index is -4.52. The predicted octanol–water partition coefficient (Wildman–Crippen LogP) is 4.28. The van der Waals surface area contributed by atoms with E-state index in [1.165, 1.54) is 11.3 Å². The molecule has 1 saturated carbocycles. The number of hydrogen-bond donors (Lipinski definition) is 2. The van der Waals surface area contributed by atoms with Crippen molar-refractivity contribution in [3.63, 3.8) is 0 Å². The van der Waals surface area contributed by atoms with Crippen molar-refractivity contribution >= 4 is 28.8 Å². The number of halogens is 3. The van der Waals surface area contributed by atoms with Crippen LogP contribution in [0.25, 0.3) is 0 Å². The third kappa shape index (κ3) is 5.20. The molecule has 1 unspecified atom stereocenters. The second kappa shape index (κ2) is 9.61. The second-order valence-electron chi connectivity index (χ2n) is 7.23. The molecule has 1 aromatic heterocycles. The number of hydrogen-bond acceptors (Lipinski definition) is 4. The van der Waals surface area contributed by atoms with E-state index in [4.69, 9.17) is 0 Å². The number of aliphatic hydroxyl groups excluding tert-OH is 1. The molecule has 0 radical (unpaired) electrons. The van der Waals surface area contributed by atoms with Gasteiger partial charge < -0.3 is 10.4 Å². The van der Waals surface area contributed by atoms with Crippen LogP contribution in [-0.4, -0.2) is 29.6 Å². The third-order valence-electron chi connectivity index (χ3n) is 5.15. The van der Waals surface area contributed by atoms with Crippen molar-refractivity contribution in [1.82, 2.24) is 5.32 Å². The van der Waals surface area contributed by atoms with Crippen LogP contribution in [0.15, 0.2) is 41.8 Å². The predicted molar refractivity (Wildman–Crippen MR) is 108 cm³/mol. The number of amides is 2. The molecule has 1 aliphatic rings. The molecule has 3 rings (SSSR count). The largest absolute Gasteiger partial charge is 0.416 e. The number of nitrogens with one attached hydrogen (secondary N) is 1. The molecule has 2 aromatic rings. The van der Waals surface area contributed by atoms with E-state index in [2.05, 4.69) is 5.32 Å². The van der Waals surface area contributed by atoms with Gasteiger partial charge in [-0.15, -0.1) is 11.3 Å². The smallest absolute Gasteiger partial charge is 0.387 e. The maximum atomic E-state index is 13.2. The van der Waals surface area contributed by atoms with Crippen molar-refractivity contribution in [3.05, 3.63) is 52.2 Å². The third-order valence-corrected chi connectivity index (χ3v) is 6.07. The first-order valence-electron chi connectivity index (χ1n) is 9.75. The first-order chi connectivity index (χ1) is 14.3. The summed E-state index contributed by atoms with van der Waals surface area (Å²) in [7, 11) is 0. The number of carbonyl (C=O) groups is 2. The lowest BCUT2D eigenvalue weighted by Gasteiger charge is -2.32. The number of thiophene rings is 1. The normalized spacial score (nSPS) is 16.1. The highest BCUT2D eigenvalue weighted by molar-refractivity contribution is 7.10. The van der Waals surface area contributed by atoms with Crippen LogP contribution >= 0.6 is 11.3 Å². The highest BCUT2D eigenvalue weighted by atomic mass is 32.1. The molecule has 0 spiro atoms. The number of nitrogens with zero attached hydrogens (tertiary/aromatic N) is 1. The van der Waals surface area contributed by atoms with Crippen LogP contribution in [0.5, 0.6) is 0 Å². The van der Waals surface area contributed by atoms with E-state index in [0.717, 1.165) is 61.3 Å². The summed E-state index contributed by atoms with van der Waals surface area (Å²) in [6.45, 7) is -0.875. The fourth-order valence-corrected chi connectivity index (χ4v) is 4.48. The lowest BCUT2D eigenvalue weighted by Crippen LogP contribution is -2.47. The highest BCUT2D eigenvalue weighted by Gasteiger charge is 2.35. The average Bonchev–Trinajstić information content (AvgIpc) is 3.25. The Hall–Kier alpha value is -2.39. The number of alkyl halides is 3. The summed E-state index contributed by atoms with van der Waals surface area (Å²) >= 11 is 1.26. The molecule has 30 heavy (non-hydrogen) atoms. The van der Waals surface area contributed by atoms with Gasteiger partial charge >= 0.3 is 6.18 Å². The Morgan fingerprint density at radius 1 is 1.13 bits per heavy atom. The van der Waals surface area contributed by atoms with Crippen LogP contribution in [0, 0.1) is 0 Å². The van der Waals surface area contributed by atoms with Crippen molar-refractivity contribution in [2.75, 3.05) is 11.5 Å². The van der Waals surface area contributed by atoms with Gasteiger partial charge in [0.15, 0.2) is 0 Å². The van der Waals surface area contributed by atoms with Crippen LogP contribution in [0.1, 0.15) is 48.6 Å². The summed E-state index contributed by atoms with van der Waals surface area (Å²) < 4.78 is 38.8.